The minimum atomic E-state index is -0.000954. The lowest BCUT2D eigenvalue weighted by atomic mass is 9.81. The zero-order valence-corrected chi connectivity index (χ0v) is 21.5. The van der Waals surface area contributed by atoms with E-state index in [1.54, 1.807) is 0 Å². The van der Waals surface area contributed by atoms with Crippen LogP contribution in [0.4, 0.5) is 0 Å². The van der Waals surface area contributed by atoms with Gasteiger partial charge in [-0.15, -0.1) is 0 Å². The minimum absolute atomic E-state index is 0.000954. The molecule has 1 aliphatic carbocycles. The lowest BCUT2D eigenvalue weighted by molar-refractivity contribution is 0.660. The fraction of sp³-hybridized carbons (Fsp3) is 0.0811. The molecular formula is C37H27N. The van der Waals surface area contributed by atoms with E-state index in [2.05, 4.69) is 140 Å². The Hall–Kier alpha value is -4.62. The first-order valence-electron chi connectivity index (χ1n) is 13.4. The number of rotatable bonds is 2. The molecule has 7 aromatic rings. The summed E-state index contributed by atoms with van der Waals surface area (Å²) in [6.07, 6.45) is 0. The van der Waals surface area contributed by atoms with Gasteiger partial charge in [-0.25, -0.2) is 0 Å². The first-order chi connectivity index (χ1) is 18.6. The van der Waals surface area contributed by atoms with E-state index in [4.69, 9.17) is 0 Å². The van der Waals surface area contributed by atoms with Gasteiger partial charge in [-0.05, 0) is 74.0 Å². The SMILES string of the molecule is CC1(C)c2ccccc2-c2ccc(-c3cccc(-c4cccc5c4[nH]c4cc6ccccc6cc45)c3)cc21. The van der Waals surface area contributed by atoms with Gasteiger partial charge in [0.05, 0.1) is 5.52 Å². The molecule has 0 amide bonds. The molecule has 0 spiro atoms. The van der Waals surface area contributed by atoms with Crippen molar-refractivity contribution in [3.8, 4) is 33.4 Å². The van der Waals surface area contributed by atoms with Crippen molar-refractivity contribution in [1.29, 1.82) is 0 Å². The highest BCUT2D eigenvalue weighted by atomic mass is 14.7. The van der Waals surface area contributed by atoms with Crippen molar-refractivity contribution >= 4 is 32.6 Å². The fourth-order valence-corrected chi connectivity index (χ4v) is 6.60. The highest BCUT2D eigenvalue weighted by Crippen LogP contribution is 2.49. The average Bonchev–Trinajstić information content (AvgIpc) is 3.43. The van der Waals surface area contributed by atoms with E-state index in [1.165, 1.54) is 77.1 Å². The third-order valence-electron chi connectivity index (χ3n) is 8.59. The lowest BCUT2D eigenvalue weighted by Gasteiger charge is -2.22. The van der Waals surface area contributed by atoms with Crippen LogP contribution in [-0.2, 0) is 5.41 Å². The topological polar surface area (TPSA) is 15.8 Å². The number of aromatic amines is 1. The van der Waals surface area contributed by atoms with Crippen LogP contribution < -0.4 is 0 Å². The lowest BCUT2D eigenvalue weighted by Crippen LogP contribution is -2.14. The monoisotopic (exact) mass is 485 g/mol. The third kappa shape index (κ3) is 2.99. The van der Waals surface area contributed by atoms with Crippen LogP contribution >= 0.6 is 0 Å². The number of para-hydroxylation sites is 1. The molecule has 0 bridgehead atoms. The normalized spacial score (nSPS) is 13.7. The van der Waals surface area contributed by atoms with Crippen molar-refractivity contribution in [3.05, 3.63) is 132 Å². The van der Waals surface area contributed by atoms with Gasteiger partial charge in [0.2, 0.25) is 0 Å². The molecule has 1 nitrogen and oxygen atoms in total. The number of hydrogen-bond donors (Lipinski definition) is 1. The van der Waals surface area contributed by atoms with Crippen LogP contribution in [0.1, 0.15) is 25.0 Å². The van der Waals surface area contributed by atoms with Crippen LogP contribution in [0.5, 0.6) is 0 Å². The van der Waals surface area contributed by atoms with Gasteiger partial charge in [0, 0.05) is 27.3 Å². The summed E-state index contributed by atoms with van der Waals surface area (Å²) in [4.78, 5) is 3.75. The summed E-state index contributed by atoms with van der Waals surface area (Å²) in [7, 11) is 0. The number of aromatic nitrogens is 1. The quantitative estimate of drug-likeness (QED) is 0.251. The van der Waals surface area contributed by atoms with Gasteiger partial charge in [0.15, 0.2) is 0 Å². The summed E-state index contributed by atoms with van der Waals surface area (Å²) < 4.78 is 0. The van der Waals surface area contributed by atoms with Crippen LogP contribution in [0.25, 0.3) is 66.0 Å². The van der Waals surface area contributed by atoms with Gasteiger partial charge in [-0.2, -0.15) is 0 Å². The van der Waals surface area contributed by atoms with E-state index in [0.29, 0.717) is 0 Å². The number of H-pyrrole nitrogens is 1. The van der Waals surface area contributed by atoms with Crippen LogP contribution in [0.3, 0.4) is 0 Å². The van der Waals surface area contributed by atoms with Gasteiger partial charge in [-0.3, -0.25) is 0 Å². The third-order valence-corrected chi connectivity index (χ3v) is 8.59. The van der Waals surface area contributed by atoms with E-state index in [9.17, 15) is 0 Å². The maximum atomic E-state index is 3.75. The predicted octanol–water partition coefficient (Wildman–Crippen LogP) is 10.1. The second-order valence-electron chi connectivity index (χ2n) is 11.1. The van der Waals surface area contributed by atoms with Crippen molar-refractivity contribution in [2.24, 2.45) is 0 Å². The zero-order valence-electron chi connectivity index (χ0n) is 21.5. The van der Waals surface area contributed by atoms with Gasteiger partial charge in [-0.1, -0.05) is 111 Å². The molecule has 1 heteroatoms. The minimum Gasteiger partial charge on any atom is -0.354 e. The van der Waals surface area contributed by atoms with E-state index in [1.807, 2.05) is 0 Å². The summed E-state index contributed by atoms with van der Waals surface area (Å²) in [5.74, 6) is 0. The Morgan fingerprint density at radius 2 is 1.16 bits per heavy atom. The van der Waals surface area contributed by atoms with Crippen LogP contribution in [0.2, 0.25) is 0 Å². The first kappa shape index (κ1) is 21.5. The predicted molar refractivity (Wildman–Crippen MR) is 162 cm³/mol. The van der Waals surface area contributed by atoms with Crippen molar-refractivity contribution in [1.82, 2.24) is 4.98 Å². The molecule has 0 aliphatic heterocycles. The average molecular weight is 486 g/mol. The van der Waals surface area contributed by atoms with Crippen LogP contribution in [-0.4, -0.2) is 4.98 Å². The Bertz CT molecular complexity index is 2050. The van der Waals surface area contributed by atoms with Crippen LogP contribution in [0.15, 0.2) is 121 Å². The molecule has 38 heavy (non-hydrogen) atoms. The molecule has 180 valence electrons. The van der Waals surface area contributed by atoms with Gasteiger partial charge < -0.3 is 4.98 Å². The zero-order chi connectivity index (χ0) is 25.4. The van der Waals surface area contributed by atoms with E-state index in [0.717, 1.165) is 0 Å². The molecule has 0 atom stereocenters. The molecule has 0 unspecified atom stereocenters. The number of fused-ring (bicyclic) bond motifs is 7. The molecule has 1 heterocycles. The van der Waals surface area contributed by atoms with Crippen molar-refractivity contribution in [2.45, 2.75) is 19.3 Å². The van der Waals surface area contributed by atoms with E-state index >= 15 is 0 Å². The van der Waals surface area contributed by atoms with Crippen LogP contribution in [0, 0.1) is 0 Å². The molecule has 0 saturated heterocycles. The standard InChI is InChI=1S/C37H27N/c1-37(2)33-16-6-5-13-29(33)30-18-17-26(21-34(30)37)23-11-7-12-27(19-23)28-14-8-15-31-32-20-24-9-3-4-10-25(24)22-35(32)38-36(28)31/h3-22,38H,1-2H3. The molecule has 8 rings (SSSR count). The molecule has 0 radical (unpaired) electrons. The smallest absolute Gasteiger partial charge is 0.0544 e. The van der Waals surface area contributed by atoms with Gasteiger partial charge in [0.25, 0.3) is 0 Å². The Kier molecular flexibility index (Phi) is 4.35. The maximum absolute atomic E-state index is 3.75. The second-order valence-corrected chi connectivity index (χ2v) is 11.1. The Balaban J connectivity index is 1.27. The Morgan fingerprint density at radius 3 is 2.05 bits per heavy atom. The number of nitrogens with one attached hydrogen (secondary N) is 1. The molecular weight excluding hydrogens is 458 g/mol. The van der Waals surface area contributed by atoms with Gasteiger partial charge >= 0.3 is 0 Å². The molecule has 6 aromatic carbocycles. The van der Waals surface area contributed by atoms with E-state index in [-0.39, 0.29) is 5.41 Å². The second kappa shape index (κ2) is 7.69. The highest BCUT2D eigenvalue weighted by molar-refractivity contribution is 6.15. The van der Waals surface area contributed by atoms with E-state index < -0.39 is 0 Å². The van der Waals surface area contributed by atoms with Crippen molar-refractivity contribution in [3.63, 3.8) is 0 Å². The summed E-state index contributed by atoms with van der Waals surface area (Å²) in [5.41, 5.74) is 12.9. The Morgan fingerprint density at radius 1 is 0.474 bits per heavy atom. The highest BCUT2D eigenvalue weighted by Gasteiger charge is 2.35. The van der Waals surface area contributed by atoms with Crippen molar-refractivity contribution in [2.75, 3.05) is 0 Å². The molecule has 1 aromatic heterocycles. The Labute approximate surface area is 222 Å². The number of hydrogen-bond acceptors (Lipinski definition) is 0. The molecule has 0 fully saturated rings. The summed E-state index contributed by atoms with van der Waals surface area (Å²) in [6, 6.07) is 44.7. The van der Waals surface area contributed by atoms with Crippen molar-refractivity contribution < 1.29 is 0 Å². The van der Waals surface area contributed by atoms with Gasteiger partial charge in [0.1, 0.15) is 0 Å². The largest absolute Gasteiger partial charge is 0.354 e. The number of benzene rings is 6. The molecule has 0 saturated carbocycles. The summed E-state index contributed by atoms with van der Waals surface area (Å²) in [6.45, 7) is 4.69. The molecule has 1 aliphatic rings. The maximum Gasteiger partial charge on any atom is 0.0544 e. The molecule has 1 N–H and O–H groups in total. The first-order valence-corrected chi connectivity index (χ1v) is 13.4. The summed E-state index contributed by atoms with van der Waals surface area (Å²) >= 11 is 0. The summed E-state index contributed by atoms with van der Waals surface area (Å²) in [5, 5.41) is 5.08. The fourth-order valence-electron chi connectivity index (χ4n) is 6.60.